The number of thioether (sulfide) groups is 1. The average molecular weight is 495 g/mol. The lowest BCUT2D eigenvalue weighted by atomic mass is 9.90. The Morgan fingerprint density at radius 1 is 1.20 bits per heavy atom. The number of sulfonamides is 1. The standard InChI is InChI=1S/C16H22IN3O3S2/c17-13-1-3-14(4-2-13)25(22,23)20-7-5-12(6-8-20)15(18)16(21)19-9-10-24-11-19/h1-4,12,15H,5-11,18H2/t15-/m0/s1. The molecule has 2 aliphatic rings. The monoisotopic (exact) mass is 495 g/mol. The highest BCUT2D eigenvalue weighted by atomic mass is 127. The van der Waals surface area contributed by atoms with E-state index in [0.717, 1.165) is 15.9 Å². The number of hydrogen-bond acceptors (Lipinski definition) is 5. The number of carbonyl (C=O) groups is 1. The van der Waals surface area contributed by atoms with Crippen molar-refractivity contribution in [3.63, 3.8) is 0 Å². The predicted molar refractivity (Wildman–Crippen MR) is 108 cm³/mol. The van der Waals surface area contributed by atoms with Crippen LogP contribution in [0.3, 0.4) is 0 Å². The lowest BCUT2D eigenvalue weighted by Gasteiger charge is -2.34. The summed E-state index contributed by atoms with van der Waals surface area (Å²) >= 11 is 3.89. The van der Waals surface area contributed by atoms with Gasteiger partial charge in [-0.25, -0.2) is 8.42 Å². The topological polar surface area (TPSA) is 83.7 Å². The number of halogens is 1. The average Bonchev–Trinajstić information content (AvgIpc) is 3.15. The molecule has 0 aliphatic carbocycles. The molecular formula is C16H22IN3O3S2. The van der Waals surface area contributed by atoms with Crippen LogP contribution in [0.25, 0.3) is 0 Å². The largest absolute Gasteiger partial charge is 0.331 e. The van der Waals surface area contributed by atoms with Gasteiger partial charge < -0.3 is 10.6 Å². The van der Waals surface area contributed by atoms with Crippen LogP contribution < -0.4 is 5.73 Å². The van der Waals surface area contributed by atoms with Gasteiger partial charge in [-0.05, 0) is 65.6 Å². The van der Waals surface area contributed by atoms with E-state index >= 15 is 0 Å². The Morgan fingerprint density at radius 3 is 2.40 bits per heavy atom. The van der Waals surface area contributed by atoms with E-state index in [1.807, 2.05) is 4.90 Å². The maximum absolute atomic E-state index is 12.7. The molecule has 0 saturated carbocycles. The molecule has 0 aromatic heterocycles. The first-order valence-corrected chi connectivity index (χ1v) is 11.9. The number of benzene rings is 1. The number of hydrogen-bond donors (Lipinski definition) is 1. The second-order valence-corrected chi connectivity index (χ2v) is 10.6. The molecule has 1 aromatic carbocycles. The van der Waals surface area contributed by atoms with Gasteiger partial charge in [0.05, 0.1) is 16.8 Å². The zero-order chi connectivity index (χ0) is 18.0. The van der Waals surface area contributed by atoms with Gasteiger partial charge in [-0.15, -0.1) is 11.8 Å². The molecule has 2 aliphatic heterocycles. The summed E-state index contributed by atoms with van der Waals surface area (Å²) in [6.07, 6.45) is 1.25. The van der Waals surface area contributed by atoms with Crippen LogP contribution in [0, 0.1) is 9.49 Å². The van der Waals surface area contributed by atoms with Crippen LogP contribution in [0.15, 0.2) is 29.2 Å². The second-order valence-electron chi connectivity index (χ2n) is 6.36. The third-order valence-corrected chi connectivity index (χ3v) is 8.40. The lowest BCUT2D eigenvalue weighted by Crippen LogP contribution is -2.50. The highest BCUT2D eigenvalue weighted by Crippen LogP contribution is 2.27. The fraction of sp³-hybridized carbons (Fsp3) is 0.562. The number of amides is 1. The smallest absolute Gasteiger partial charge is 0.243 e. The second kappa shape index (κ2) is 8.12. The Morgan fingerprint density at radius 2 is 1.84 bits per heavy atom. The van der Waals surface area contributed by atoms with Crippen LogP contribution in [-0.2, 0) is 14.8 Å². The first-order chi connectivity index (χ1) is 11.9. The van der Waals surface area contributed by atoms with Crippen molar-refractivity contribution in [2.75, 3.05) is 31.3 Å². The van der Waals surface area contributed by atoms with Crippen LogP contribution in [0.2, 0.25) is 0 Å². The SMILES string of the molecule is N[C@H](C(=O)N1CCSC1)C1CCN(S(=O)(=O)c2ccc(I)cc2)CC1. The van der Waals surface area contributed by atoms with Gasteiger partial charge in [0.1, 0.15) is 0 Å². The van der Waals surface area contributed by atoms with Crippen LogP contribution >= 0.6 is 34.4 Å². The maximum Gasteiger partial charge on any atom is 0.243 e. The van der Waals surface area contributed by atoms with Gasteiger partial charge in [0.25, 0.3) is 0 Å². The molecule has 138 valence electrons. The number of nitrogens with zero attached hydrogens (tertiary/aromatic N) is 2. The Hall–Kier alpha value is -0.360. The van der Waals surface area contributed by atoms with Gasteiger partial charge in [0, 0.05) is 29.0 Å². The van der Waals surface area contributed by atoms with E-state index in [2.05, 4.69) is 22.6 Å². The molecule has 6 nitrogen and oxygen atoms in total. The van der Waals surface area contributed by atoms with Crippen molar-refractivity contribution in [3.8, 4) is 0 Å². The first-order valence-electron chi connectivity index (χ1n) is 8.27. The zero-order valence-corrected chi connectivity index (χ0v) is 17.6. The third-order valence-electron chi connectivity index (χ3n) is 4.81. The highest BCUT2D eigenvalue weighted by Gasteiger charge is 2.35. The van der Waals surface area contributed by atoms with E-state index in [1.54, 1.807) is 36.0 Å². The number of piperidine rings is 1. The van der Waals surface area contributed by atoms with Crippen LogP contribution in [0.1, 0.15) is 12.8 Å². The first kappa shape index (κ1) is 19.4. The van der Waals surface area contributed by atoms with Gasteiger partial charge in [0.15, 0.2) is 0 Å². The molecule has 1 atom stereocenters. The quantitative estimate of drug-likeness (QED) is 0.642. The van der Waals surface area contributed by atoms with Crippen molar-refractivity contribution in [1.82, 2.24) is 9.21 Å². The molecule has 25 heavy (non-hydrogen) atoms. The van der Waals surface area contributed by atoms with E-state index in [1.165, 1.54) is 4.31 Å². The van der Waals surface area contributed by atoms with E-state index in [-0.39, 0.29) is 11.8 Å². The fourth-order valence-corrected chi connectivity index (χ4v) is 6.02. The van der Waals surface area contributed by atoms with Gasteiger partial charge in [0.2, 0.25) is 15.9 Å². The minimum Gasteiger partial charge on any atom is -0.331 e. The normalized spacial score (nSPS) is 21.4. The Kier molecular flexibility index (Phi) is 6.30. The van der Waals surface area contributed by atoms with Crippen molar-refractivity contribution >= 4 is 50.3 Å². The fourth-order valence-electron chi connectivity index (χ4n) is 3.23. The van der Waals surface area contributed by atoms with Gasteiger partial charge >= 0.3 is 0 Å². The summed E-state index contributed by atoms with van der Waals surface area (Å²) in [5.41, 5.74) is 6.18. The van der Waals surface area contributed by atoms with Gasteiger partial charge in [-0.1, -0.05) is 0 Å². The van der Waals surface area contributed by atoms with Crippen LogP contribution in [0.4, 0.5) is 0 Å². The van der Waals surface area contributed by atoms with Crippen molar-refractivity contribution < 1.29 is 13.2 Å². The lowest BCUT2D eigenvalue weighted by molar-refractivity contribution is -0.132. The summed E-state index contributed by atoms with van der Waals surface area (Å²) in [5, 5.41) is 0. The van der Waals surface area contributed by atoms with Crippen LogP contribution in [-0.4, -0.2) is 60.8 Å². The Labute approximate surface area is 166 Å². The summed E-state index contributed by atoms with van der Waals surface area (Å²) in [6, 6.07) is 6.35. The molecule has 2 N–H and O–H groups in total. The summed E-state index contributed by atoms with van der Waals surface area (Å²) in [6.45, 7) is 1.58. The van der Waals surface area contributed by atoms with E-state index in [9.17, 15) is 13.2 Å². The predicted octanol–water partition coefficient (Wildman–Crippen LogP) is 1.55. The van der Waals surface area contributed by atoms with Crippen LogP contribution in [0.5, 0.6) is 0 Å². The third kappa shape index (κ3) is 4.32. The van der Waals surface area contributed by atoms with Crippen molar-refractivity contribution in [1.29, 1.82) is 0 Å². The molecule has 2 fully saturated rings. The maximum atomic E-state index is 12.7. The molecule has 3 rings (SSSR count). The van der Waals surface area contributed by atoms with E-state index in [4.69, 9.17) is 5.73 Å². The summed E-state index contributed by atoms with van der Waals surface area (Å²) in [7, 11) is -3.47. The molecule has 0 radical (unpaired) electrons. The van der Waals surface area contributed by atoms with Crippen molar-refractivity contribution in [2.24, 2.45) is 11.7 Å². The number of rotatable bonds is 4. The van der Waals surface area contributed by atoms with Gasteiger partial charge in [-0.2, -0.15) is 4.31 Å². The number of nitrogens with two attached hydrogens (primary N) is 1. The van der Waals surface area contributed by atoms with E-state index in [0.29, 0.717) is 36.7 Å². The summed E-state index contributed by atoms with van der Waals surface area (Å²) in [5.74, 6) is 1.72. The van der Waals surface area contributed by atoms with E-state index < -0.39 is 16.1 Å². The molecule has 9 heteroatoms. The molecule has 0 bridgehead atoms. The molecule has 0 unspecified atom stereocenters. The zero-order valence-electron chi connectivity index (χ0n) is 13.8. The molecule has 2 saturated heterocycles. The molecule has 2 heterocycles. The minimum atomic E-state index is -3.47. The summed E-state index contributed by atoms with van der Waals surface area (Å²) in [4.78, 5) is 14.6. The Bertz CT molecular complexity index is 713. The minimum absolute atomic E-state index is 0.00365. The molecule has 1 aromatic rings. The molecule has 1 amide bonds. The number of carbonyl (C=O) groups excluding carboxylic acids is 1. The highest BCUT2D eigenvalue weighted by molar-refractivity contribution is 14.1. The molecular weight excluding hydrogens is 473 g/mol. The molecule has 0 spiro atoms. The summed E-state index contributed by atoms with van der Waals surface area (Å²) < 4.78 is 28.0. The van der Waals surface area contributed by atoms with Gasteiger partial charge in [-0.3, -0.25) is 4.79 Å². The Balaban J connectivity index is 1.61. The van der Waals surface area contributed by atoms with Crippen molar-refractivity contribution in [2.45, 2.75) is 23.8 Å². The van der Waals surface area contributed by atoms with Crippen molar-refractivity contribution in [3.05, 3.63) is 27.8 Å².